The number of H-pyrrole nitrogens is 1. The molecule has 0 aromatic carbocycles. The van der Waals surface area contributed by atoms with Gasteiger partial charge in [-0.3, -0.25) is 4.79 Å². The normalized spacial score (nSPS) is 15.7. The van der Waals surface area contributed by atoms with E-state index in [2.05, 4.69) is 4.98 Å². The second-order valence-corrected chi connectivity index (χ2v) is 3.44. The molecule has 1 aliphatic rings. The Kier molecular flexibility index (Phi) is 2.00. The van der Waals surface area contributed by atoms with Gasteiger partial charge in [-0.15, -0.1) is 0 Å². The summed E-state index contributed by atoms with van der Waals surface area (Å²) in [6.45, 7) is 0. The van der Waals surface area contributed by atoms with E-state index in [9.17, 15) is 9.59 Å². The third kappa shape index (κ3) is 1.69. The van der Waals surface area contributed by atoms with E-state index in [4.69, 9.17) is 0 Å². The predicted octanol–water partition coefficient (Wildman–Crippen LogP) is 0.994. The van der Waals surface area contributed by atoms with Crippen molar-refractivity contribution in [3.8, 4) is 0 Å². The lowest BCUT2D eigenvalue weighted by atomic mass is 10.1. The summed E-state index contributed by atoms with van der Waals surface area (Å²) in [6, 6.07) is 1.85. The van der Waals surface area contributed by atoms with Crippen molar-refractivity contribution in [3.05, 3.63) is 33.7 Å². The van der Waals surface area contributed by atoms with Gasteiger partial charge in [0, 0.05) is 18.2 Å². The molecule has 1 aromatic heterocycles. The number of aldehydes is 1. The van der Waals surface area contributed by atoms with Gasteiger partial charge < -0.3 is 9.78 Å². The average Bonchev–Trinajstić information content (AvgIpc) is 2.92. The lowest BCUT2D eigenvalue weighted by molar-refractivity contribution is -0.107. The van der Waals surface area contributed by atoms with Crippen molar-refractivity contribution in [1.29, 1.82) is 0 Å². The monoisotopic (exact) mass is 177 g/mol. The zero-order valence-electron chi connectivity index (χ0n) is 7.25. The number of pyridine rings is 1. The summed E-state index contributed by atoms with van der Waals surface area (Å²) < 4.78 is 0. The van der Waals surface area contributed by atoms with E-state index in [0.717, 1.165) is 30.3 Å². The molecule has 1 heterocycles. The highest BCUT2D eigenvalue weighted by Gasteiger charge is 2.26. The molecule has 0 amide bonds. The van der Waals surface area contributed by atoms with Crippen LogP contribution in [0.4, 0.5) is 0 Å². The van der Waals surface area contributed by atoms with Crippen molar-refractivity contribution >= 4 is 6.29 Å². The minimum Gasteiger partial charge on any atom is -0.329 e. The highest BCUT2D eigenvalue weighted by Crippen LogP contribution is 2.38. The molecule has 0 unspecified atom stereocenters. The van der Waals surface area contributed by atoms with E-state index in [1.54, 1.807) is 6.20 Å². The van der Waals surface area contributed by atoms with Crippen LogP contribution in [-0.4, -0.2) is 11.3 Å². The van der Waals surface area contributed by atoms with Crippen LogP contribution in [0.15, 0.2) is 17.1 Å². The fraction of sp³-hybridized carbons (Fsp3) is 0.400. The molecule has 1 N–H and O–H groups in total. The van der Waals surface area contributed by atoms with Crippen LogP contribution in [0, 0.1) is 0 Å². The van der Waals surface area contributed by atoms with Crippen LogP contribution in [0.5, 0.6) is 0 Å². The van der Waals surface area contributed by atoms with Crippen LogP contribution in [0.25, 0.3) is 0 Å². The van der Waals surface area contributed by atoms with Crippen LogP contribution in [0.3, 0.4) is 0 Å². The largest absolute Gasteiger partial charge is 0.329 e. The fourth-order valence-corrected chi connectivity index (χ4v) is 1.46. The summed E-state index contributed by atoms with van der Waals surface area (Å²) in [5.74, 6) is 0.440. The molecule has 1 aromatic rings. The molecule has 3 nitrogen and oxygen atoms in total. The Balaban J connectivity index is 2.36. The number of carbonyl (C=O) groups excluding carboxylic acids is 1. The van der Waals surface area contributed by atoms with Crippen molar-refractivity contribution < 1.29 is 4.79 Å². The van der Waals surface area contributed by atoms with Gasteiger partial charge in [-0.2, -0.15) is 0 Å². The highest BCUT2D eigenvalue weighted by molar-refractivity contribution is 5.54. The van der Waals surface area contributed by atoms with Crippen molar-refractivity contribution in [2.24, 2.45) is 0 Å². The summed E-state index contributed by atoms with van der Waals surface area (Å²) in [5.41, 5.74) is 1.74. The molecule has 1 saturated carbocycles. The van der Waals surface area contributed by atoms with Crippen molar-refractivity contribution in [2.45, 2.75) is 25.2 Å². The quantitative estimate of drug-likeness (QED) is 0.700. The van der Waals surface area contributed by atoms with E-state index < -0.39 is 0 Å². The number of aromatic amines is 1. The maximum Gasteiger partial charge on any atom is 0.251 e. The van der Waals surface area contributed by atoms with Gasteiger partial charge in [0.05, 0.1) is 0 Å². The van der Waals surface area contributed by atoms with Gasteiger partial charge in [0.2, 0.25) is 0 Å². The van der Waals surface area contributed by atoms with Gasteiger partial charge in [-0.05, 0) is 30.4 Å². The molecule has 1 aliphatic carbocycles. The van der Waals surface area contributed by atoms with Crippen LogP contribution in [0.1, 0.15) is 29.9 Å². The topological polar surface area (TPSA) is 49.9 Å². The van der Waals surface area contributed by atoms with Crippen LogP contribution >= 0.6 is 0 Å². The van der Waals surface area contributed by atoms with Crippen molar-refractivity contribution in [2.75, 3.05) is 0 Å². The van der Waals surface area contributed by atoms with Crippen LogP contribution in [-0.2, 0) is 11.2 Å². The molecule has 0 saturated heterocycles. The number of rotatable bonds is 3. The first-order valence-corrected chi connectivity index (χ1v) is 4.46. The summed E-state index contributed by atoms with van der Waals surface area (Å²) in [5, 5.41) is 0. The lowest BCUT2D eigenvalue weighted by Crippen LogP contribution is -2.11. The van der Waals surface area contributed by atoms with Gasteiger partial charge in [0.15, 0.2) is 0 Å². The predicted molar refractivity (Wildman–Crippen MR) is 48.8 cm³/mol. The second kappa shape index (κ2) is 3.17. The Morgan fingerprint density at radius 1 is 1.54 bits per heavy atom. The van der Waals surface area contributed by atoms with E-state index in [-0.39, 0.29) is 5.56 Å². The molecule has 0 radical (unpaired) electrons. The minimum atomic E-state index is -0.00264. The van der Waals surface area contributed by atoms with Crippen molar-refractivity contribution in [3.63, 3.8) is 0 Å². The second-order valence-electron chi connectivity index (χ2n) is 3.44. The Morgan fingerprint density at radius 3 is 2.92 bits per heavy atom. The van der Waals surface area contributed by atoms with E-state index in [1.165, 1.54) is 0 Å². The maximum absolute atomic E-state index is 11.3. The Bertz CT molecular complexity index is 377. The molecule has 0 spiro atoms. The number of hydrogen-bond donors (Lipinski definition) is 1. The lowest BCUT2D eigenvalue weighted by Gasteiger charge is -1.99. The molecule has 0 aliphatic heterocycles. The first kappa shape index (κ1) is 8.23. The molecule has 2 rings (SSSR count). The van der Waals surface area contributed by atoms with Gasteiger partial charge >= 0.3 is 0 Å². The summed E-state index contributed by atoms with van der Waals surface area (Å²) in [6.07, 6.45) is 5.06. The Morgan fingerprint density at radius 2 is 2.31 bits per heavy atom. The summed E-state index contributed by atoms with van der Waals surface area (Å²) in [7, 11) is 0. The Labute approximate surface area is 75.8 Å². The van der Waals surface area contributed by atoms with Crippen LogP contribution < -0.4 is 5.56 Å². The molecular weight excluding hydrogens is 166 g/mol. The number of carbonyl (C=O) groups is 1. The maximum atomic E-state index is 11.3. The molecule has 0 atom stereocenters. The Hall–Kier alpha value is -1.38. The number of nitrogens with one attached hydrogen (secondary N) is 1. The summed E-state index contributed by atoms with van der Waals surface area (Å²) in [4.78, 5) is 24.2. The molecule has 1 fully saturated rings. The highest BCUT2D eigenvalue weighted by atomic mass is 16.1. The van der Waals surface area contributed by atoms with Crippen LogP contribution in [0.2, 0.25) is 0 Å². The standard InChI is InChI=1S/C10H11NO2/c12-4-3-7-5-9(8-1-2-8)10(13)11-6-7/h4-6,8H,1-3H2,(H,11,13). The smallest absolute Gasteiger partial charge is 0.251 e. The molecule has 0 bridgehead atoms. The average molecular weight is 177 g/mol. The minimum absolute atomic E-state index is 0.00264. The van der Waals surface area contributed by atoms with E-state index in [1.807, 2.05) is 6.07 Å². The van der Waals surface area contributed by atoms with E-state index >= 15 is 0 Å². The molecule has 68 valence electrons. The zero-order valence-corrected chi connectivity index (χ0v) is 7.25. The molecule has 3 heteroatoms. The van der Waals surface area contributed by atoms with Gasteiger partial charge in [0.1, 0.15) is 6.29 Å². The number of hydrogen-bond acceptors (Lipinski definition) is 2. The SMILES string of the molecule is O=CCc1c[nH]c(=O)c(C2CC2)c1. The third-order valence-corrected chi connectivity index (χ3v) is 2.33. The summed E-state index contributed by atoms with van der Waals surface area (Å²) >= 11 is 0. The van der Waals surface area contributed by atoms with Crippen molar-refractivity contribution in [1.82, 2.24) is 4.98 Å². The first-order valence-electron chi connectivity index (χ1n) is 4.46. The van der Waals surface area contributed by atoms with E-state index in [0.29, 0.717) is 12.3 Å². The molecule has 13 heavy (non-hydrogen) atoms. The van der Waals surface area contributed by atoms with Gasteiger partial charge in [-0.1, -0.05) is 0 Å². The van der Waals surface area contributed by atoms with Gasteiger partial charge in [-0.25, -0.2) is 0 Å². The fourth-order valence-electron chi connectivity index (χ4n) is 1.46. The zero-order chi connectivity index (χ0) is 9.26. The first-order chi connectivity index (χ1) is 6.31. The molecular formula is C10H11NO2. The third-order valence-electron chi connectivity index (χ3n) is 2.33. The number of aromatic nitrogens is 1. The van der Waals surface area contributed by atoms with Gasteiger partial charge in [0.25, 0.3) is 5.56 Å².